The van der Waals surface area contributed by atoms with Crippen LogP contribution in [0, 0.1) is 0 Å². The highest BCUT2D eigenvalue weighted by Gasteiger charge is 2.39. The van der Waals surface area contributed by atoms with Gasteiger partial charge in [-0.25, -0.2) is 0 Å². The van der Waals surface area contributed by atoms with E-state index >= 15 is 0 Å². The number of carbonyl (C=O) groups excluding carboxylic acids is 3. The standard InChI is InChI=1S/C27H38N2O10/c30-24-7-6-23(26(33)28-24)29-19-22-20(3-1-5-21(22)27(29)34)4-2-9-35-11-13-37-15-17-39-18-16-38-14-12-36-10-8-25(31)32/h1,3,5,23H,2,4,6-19H2,(H,31,32)(H,28,30,33). The van der Waals surface area contributed by atoms with Crippen molar-refractivity contribution in [1.29, 1.82) is 0 Å². The fourth-order valence-corrected chi connectivity index (χ4v) is 4.39. The highest BCUT2D eigenvalue weighted by molar-refractivity contribution is 6.05. The van der Waals surface area contributed by atoms with Crippen LogP contribution in [0.4, 0.5) is 0 Å². The summed E-state index contributed by atoms with van der Waals surface area (Å²) in [6, 6.07) is 5.05. The van der Waals surface area contributed by atoms with Gasteiger partial charge in [0.25, 0.3) is 5.91 Å². The van der Waals surface area contributed by atoms with Gasteiger partial charge in [0, 0.05) is 25.1 Å². The monoisotopic (exact) mass is 550 g/mol. The van der Waals surface area contributed by atoms with Gasteiger partial charge in [-0.05, 0) is 36.5 Å². The maximum Gasteiger partial charge on any atom is 0.305 e. The van der Waals surface area contributed by atoms with Crippen LogP contribution in [0.3, 0.4) is 0 Å². The molecule has 1 aromatic carbocycles. The van der Waals surface area contributed by atoms with Gasteiger partial charge in [0.1, 0.15) is 6.04 Å². The van der Waals surface area contributed by atoms with Crippen molar-refractivity contribution in [2.24, 2.45) is 0 Å². The molecule has 0 saturated carbocycles. The second-order valence-electron chi connectivity index (χ2n) is 9.15. The third-order valence-corrected chi connectivity index (χ3v) is 6.36. The van der Waals surface area contributed by atoms with Crippen molar-refractivity contribution >= 4 is 23.7 Å². The van der Waals surface area contributed by atoms with Crippen LogP contribution in [0.25, 0.3) is 0 Å². The molecule has 39 heavy (non-hydrogen) atoms. The molecule has 0 radical (unpaired) electrons. The van der Waals surface area contributed by atoms with Gasteiger partial charge in [0.05, 0.1) is 65.9 Å². The number of piperidine rings is 1. The SMILES string of the molecule is O=C(O)CCOCCOCCOCCOCCOCCCc1cccc2c1CN(C1CCC(=O)NC1=O)C2=O. The van der Waals surface area contributed by atoms with E-state index in [1.165, 1.54) is 0 Å². The highest BCUT2D eigenvalue weighted by Crippen LogP contribution is 2.30. The smallest absolute Gasteiger partial charge is 0.305 e. The van der Waals surface area contributed by atoms with E-state index in [9.17, 15) is 19.2 Å². The molecule has 2 heterocycles. The number of carboxylic acid groups (broad SMARTS) is 1. The van der Waals surface area contributed by atoms with Crippen LogP contribution in [0.1, 0.15) is 47.2 Å². The number of carboxylic acids is 1. The normalized spacial score (nSPS) is 17.0. The number of nitrogens with one attached hydrogen (secondary N) is 1. The van der Waals surface area contributed by atoms with Crippen LogP contribution in [0.15, 0.2) is 18.2 Å². The van der Waals surface area contributed by atoms with Crippen molar-refractivity contribution in [3.63, 3.8) is 0 Å². The highest BCUT2D eigenvalue weighted by atomic mass is 16.6. The molecule has 0 aliphatic carbocycles. The molecule has 12 nitrogen and oxygen atoms in total. The van der Waals surface area contributed by atoms with E-state index < -0.39 is 17.9 Å². The Labute approximate surface area is 227 Å². The number of ether oxygens (including phenoxy) is 5. The molecule has 12 heteroatoms. The summed E-state index contributed by atoms with van der Waals surface area (Å²) in [7, 11) is 0. The second-order valence-corrected chi connectivity index (χ2v) is 9.15. The third kappa shape index (κ3) is 10.3. The quantitative estimate of drug-likeness (QED) is 0.177. The lowest BCUT2D eigenvalue weighted by molar-refractivity contribution is -0.139. The fourth-order valence-electron chi connectivity index (χ4n) is 4.39. The minimum atomic E-state index is -0.883. The van der Waals surface area contributed by atoms with Gasteiger partial charge in [-0.1, -0.05) is 12.1 Å². The van der Waals surface area contributed by atoms with E-state index in [0.717, 1.165) is 24.0 Å². The predicted molar refractivity (Wildman–Crippen MR) is 137 cm³/mol. The Morgan fingerprint density at radius 3 is 2.05 bits per heavy atom. The Morgan fingerprint density at radius 2 is 1.46 bits per heavy atom. The number of rotatable bonds is 20. The Balaban J connectivity index is 1.18. The molecular formula is C27H38N2O10. The number of nitrogens with zero attached hydrogens (tertiary/aromatic N) is 1. The zero-order valence-corrected chi connectivity index (χ0v) is 22.2. The summed E-state index contributed by atoms with van der Waals surface area (Å²) in [6.45, 7) is 4.57. The van der Waals surface area contributed by atoms with E-state index in [0.29, 0.717) is 78.0 Å². The zero-order valence-electron chi connectivity index (χ0n) is 22.2. The predicted octanol–water partition coefficient (Wildman–Crippen LogP) is 0.938. The first-order valence-corrected chi connectivity index (χ1v) is 13.3. The van der Waals surface area contributed by atoms with E-state index in [2.05, 4.69) is 5.32 Å². The number of fused-ring (bicyclic) bond motifs is 1. The molecule has 3 amide bonds. The summed E-state index contributed by atoms with van der Waals surface area (Å²) < 4.78 is 27.0. The maximum absolute atomic E-state index is 12.9. The van der Waals surface area contributed by atoms with Crippen LogP contribution in [-0.4, -0.2) is 106 Å². The molecule has 2 N–H and O–H groups in total. The molecule has 216 valence electrons. The average molecular weight is 551 g/mol. The summed E-state index contributed by atoms with van der Waals surface area (Å²) >= 11 is 0. The van der Waals surface area contributed by atoms with Crippen molar-refractivity contribution in [1.82, 2.24) is 10.2 Å². The summed E-state index contributed by atoms with van der Waals surface area (Å²) in [4.78, 5) is 48.5. The largest absolute Gasteiger partial charge is 0.481 e. The van der Waals surface area contributed by atoms with E-state index in [4.69, 9.17) is 28.8 Å². The van der Waals surface area contributed by atoms with Gasteiger partial charge in [-0.2, -0.15) is 0 Å². The van der Waals surface area contributed by atoms with Gasteiger partial charge in [-0.15, -0.1) is 0 Å². The Hall–Kier alpha value is -2.90. The van der Waals surface area contributed by atoms with Crippen LogP contribution >= 0.6 is 0 Å². The van der Waals surface area contributed by atoms with Gasteiger partial charge in [0.15, 0.2) is 0 Å². The lowest BCUT2D eigenvalue weighted by Gasteiger charge is -2.29. The average Bonchev–Trinajstić information content (AvgIpc) is 3.24. The van der Waals surface area contributed by atoms with Gasteiger partial charge < -0.3 is 33.7 Å². The van der Waals surface area contributed by atoms with E-state index in [1.807, 2.05) is 12.1 Å². The second kappa shape index (κ2) is 16.9. The summed E-state index contributed by atoms with van der Waals surface area (Å²) in [5, 5.41) is 10.8. The van der Waals surface area contributed by atoms with E-state index in [-0.39, 0.29) is 31.3 Å². The first-order valence-electron chi connectivity index (χ1n) is 13.3. The van der Waals surface area contributed by atoms with Crippen LogP contribution in [0.2, 0.25) is 0 Å². The number of aliphatic carboxylic acids is 1. The third-order valence-electron chi connectivity index (χ3n) is 6.36. The molecule has 0 aromatic heterocycles. The topological polar surface area (TPSA) is 150 Å². The number of hydrogen-bond donors (Lipinski definition) is 2. The molecule has 1 unspecified atom stereocenters. The summed E-state index contributed by atoms with van der Waals surface area (Å²) in [5.41, 5.74) is 2.65. The maximum atomic E-state index is 12.9. The first-order chi connectivity index (χ1) is 19.0. The first kappa shape index (κ1) is 30.6. The van der Waals surface area contributed by atoms with Gasteiger partial charge in [0.2, 0.25) is 11.8 Å². The van der Waals surface area contributed by atoms with Crippen molar-refractivity contribution in [2.75, 3.05) is 66.1 Å². The van der Waals surface area contributed by atoms with Crippen molar-refractivity contribution < 1.29 is 48.0 Å². The number of hydrogen-bond acceptors (Lipinski definition) is 9. The zero-order chi connectivity index (χ0) is 27.9. The van der Waals surface area contributed by atoms with Crippen LogP contribution in [-0.2, 0) is 51.0 Å². The van der Waals surface area contributed by atoms with E-state index in [1.54, 1.807) is 11.0 Å². The molecule has 1 atom stereocenters. The number of aryl methyl sites for hydroxylation is 1. The molecule has 1 aromatic rings. The van der Waals surface area contributed by atoms with Gasteiger partial charge in [-0.3, -0.25) is 24.5 Å². The van der Waals surface area contributed by atoms with Crippen molar-refractivity contribution in [2.45, 2.75) is 44.7 Å². The lowest BCUT2D eigenvalue weighted by Crippen LogP contribution is -2.52. The molecule has 2 aliphatic heterocycles. The molecule has 0 bridgehead atoms. The van der Waals surface area contributed by atoms with Gasteiger partial charge >= 0.3 is 5.97 Å². The Bertz CT molecular complexity index is 970. The lowest BCUT2D eigenvalue weighted by atomic mass is 10.00. The minimum Gasteiger partial charge on any atom is -0.481 e. The molecule has 2 aliphatic rings. The molecule has 1 saturated heterocycles. The molecule has 3 rings (SSSR count). The molecule has 1 fully saturated rings. The summed E-state index contributed by atoms with van der Waals surface area (Å²) in [5.74, 6) is -1.74. The summed E-state index contributed by atoms with van der Waals surface area (Å²) in [6.07, 6.45) is 2.12. The van der Waals surface area contributed by atoms with Crippen molar-refractivity contribution in [3.8, 4) is 0 Å². The van der Waals surface area contributed by atoms with Crippen molar-refractivity contribution in [3.05, 3.63) is 34.9 Å². The Kier molecular flexibility index (Phi) is 13.3. The Morgan fingerprint density at radius 1 is 0.872 bits per heavy atom. The number of amides is 3. The number of imide groups is 1. The number of carbonyl (C=O) groups is 4. The number of benzene rings is 1. The molecule has 0 spiro atoms. The minimum absolute atomic E-state index is 0.0126. The molecular weight excluding hydrogens is 512 g/mol. The van der Waals surface area contributed by atoms with Crippen LogP contribution in [0.5, 0.6) is 0 Å². The fraction of sp³-hybridized carbons (Fsp3) is 0.630. The van der Waals surface area contributed by atoms with Crippen LogP contribution < -0.4 is 5.32 Å².